The third-order valence-electron chi connectivity index (χ3n) is 4.41. The van der Waals surface area contributed by atoms with Crippen LogP contribution in [0.15, 0.2) is 48.7 Å². The molecular formula is C19H26N2O3Si. The summed E-state index contributed by atoms with van der Waals surface area (Å²) >= 11 is 0. The van der Waals surface area contributed by atoms with Crippen LogP contribution in [-0.2, 0) is 11.0 Å². The van der Waals surface area contributed by atoms with Gasteiger partial charge in [0.15, 0.2) is 8.32 Å². The van der Waals surface area contributed by atoms with Gasteiger partial charge < -0.3 is 9.16 Å². The van der Waals surface area contributed by atoms with Crippen LogP contribution in [0.25, 0.3) is 0 Å². The third kappa shape index (κ3) is 5.69. The molecule has 5 nitrogen and oxygen atoms in total. The zero-order valence-electron chi connectivity index (χ0n) is 15.5. The second kappa shape index (κ2) is 7.80. The van der Waals surface area contributed by atoms with E-state index in [0.717, 1.165) is 5.56 Å². The minimum atomic E-state index is -1.79. The number of rotatable bonds is 5. The van der Waals surface area contributed by atoms with Crippen LogP contribution in [0.4, 0.5) is 10.6 Å². The van der Waals surface area contributed by atoms with Gasteiger partial charge in [-0.25, -0.2) is 9.78 Å². The Hall–Kier alpha value is -2.18. The van der Waals surface area contributed by atoms with Crippen LogP contribution in [0.1, 0.15) is 26.3 Å². The zero-order chi connectivity index (χ0) is 18.5. The molecule has 1 amide bonds. The summed E-state index contributed by atoms with van der Waals surface area (Å²) in [6.07, 6.45) is 1.15. The molecule has 1 aromatic heterocycles. The standard InChI is InChI=1S/C19H26N2O3Si/c1-19(2,3)25(4,5)23-14-15-11-12-17(20-13-15)21-18(22)24-16-9-7-6-8-10-16/h6-13H,14H2,1-5H3,(H,20,21,22). The van der Waals surface area contributed by atoms with Crippen LogP contribution in [-0.4, -0.2) is 19.4 Å². The Balaban J connectivity index is 1.88. The van der Waals surface area contributed by atoms with Crippen LogP contribution >= 0.6 is 0 Å². The number of para-hydroxylation sites is 1. The van der Waals surface area contributed by atoms with Gasteiger partial charge in [0.1, 0.15) is 11.6 Å². The van der Waals surface area contributed by atoms with Crippen molar-refractivity contribution in [2.45, 2.75) is 45.5 Å². The van der Waals surface area contributed by atoms with Gasteiger partial charge in [0.2, 0.25) is 0 Å². The smallest absolute Gasteiger partial charge is 0.413 e. The molecule has 2 aromatic rings. The van der Waals surface area contributed by atoms with E-state index in [1.54, 1.807) is 36.5 Å². The SMILES string of the molecule is CC(C)(C)[Si](C)(C)OCc1ccc(NC(=O)Oc2ccccc2)nc1. The predicted octanol–water partition coefficient (Wildman–Crippen LogP) is 5.21. The monoisotopic (exact) mass is 358 g/mol. The van der Waals surface area contributed by atoms with E-state index in [1.807, 2.05) is 12.1 Å². The maximum atomic E-state index is 11.8. The van der Waals surface area contributed by atoms with Gasteiger partial charge in [-0.05, 0) is 41.9 Å². The van der Waals surface area contributed by atoms with Crippen molar-refractivity contribution in [3.8, 4) is 5.75 Å². The predicted molar refractivity (Wildman–Crippen MR) is 102 cm³/mol. The van der Waals surface area contributed by atoms with E-state index in [4.69, 9.17) is 9.16 Å². The minimum Gasteiger partial charge on any atom is -0.413 e. The molecule has 0 radical (unpaired) electrons. The molecule has 0 aliphatic rings. The summed E-state index contributed by atoms with van der Waals surface area (Å²) in [5.41, 5.74) is 0.979. The molecule has 0 fully saturated rings. The van der Waals surface area contributed by atoms with Crippen molar-refractivity contribution in [3.05, 3.63) is 54.2 Å². The fourth-order valence-electron chi connectivity index (χ4n) is 1.79. The number of amides is 1. The normalized spacial score (nSPS) is 11.9. The van der Waals surface area contributed by atoms with Gasteiger partial charge in [-0.15, -0.1) is 0 Å². The Morgan fingerprint density at radius 3 is 2.36 bits per heavy atom. The maximum Gasteiger partial charge on any atom is 0.418 e. The molecule has 1 aromatic carbocycles. The molecule has 0 spiro atoms. The first-order valence-corrected chi connectivity index (χ1v) is 11.2. The van der Waals surface area contributed by atoms with E-state index >= 15 is 0 Å². The number of hydrogen-bond donors (Lipinski definition) is 1. The quantitative estimate of drug-likeness (QED) is 0.745. The Kier molecular flexibility index (Phi) is 5.97. The molecule has 1 N–H and O–H groups in total. The third-order valence-corrected chi connectivity index (χ3v) is 8.89. The second-order valence-corrected chi connectivity index (χ2v) is 12.2. The Morgan fingerprint density at radius 1 is 1.12 bits per heavy atom. The number of carbonyl (C=O) groups excluding carboxylic acids is 1. The van der Waals surface area contributed by atoms with Crippen LogP contribution in [0.3, 0.4) is 0 Å². The largest absolute Gasteiger partial charge is 0.418 e. The fourth-order valence-corrected chi connectivity index (χ4v) is 2.75. The molecule has 0 saturated heterocycles. The topological polar surface area (TPSA) is 60.5 Å². The van der Waals surface area contributed by atoms with Crippen molar-refractivity contribution in [2.75, 3.05) is 5.32 Å². The van der Waals surface area contributed by atoms with Crippen LogP contribution in [0, 0.1) is 0 Å². The number of anilines is 1. The van der Waals surface area contributed by atoms with Gasteiger partial charge in [-0.2, -0.15) is 0 Å². The molecule has 25 heavy (non-hydrogen) atoms. The van der Waals surface area contributed by atoms with Gasteiger partial charge in [-0.1, -0.05) is 45.0 Å². The molecule has 0 aliphatic carbocycles. The maximum absolute atomic E-state index is 11.8. The lowest BCUT2D eigenvalue weighted by Crippen LogP contribution is -2.40. The van der Waals surface area contributed by atoms with Crippen LogP contribution < -0.4 is 10.1 Å². The van der Waals surface area contributed by atoms with Gasteiger partial charge in [0.05, 0.1) is 6.61 Å². The number of ether oxygens (including phenoxy) is 1. The van der Waals surface area contributed by atoms with E-state index in [-0.39, 0.29) is 5.04 Å². The average molecular weight is 359 g/mol. The summed E-state index contributed by atoms with van der Waals surface area (Å²) in [6, 6.07) is 12.5. The number of hydrogen-bond acceptors (Lipinski definition) is 4. The summed E-state index contributed by atoms with van der Waals surface area (Å²) in [5, 5.41) is 2.78. The summed E-state index contributed by atoms with van der Waals surface area (Å²) in [7, 11) is -1.79. The highest BCUT2D eigenvalue weighted by Crippen LogP contribution is 2.37. The second-order valence-electron chi connectivity index (χ2n) is 7.43. The fraction of sp³-hybridized carbons (Fsp3) is 0.368. The van der Waals surface area contributed by atoms with E-state index in [2.05, 4.69) is 44.2 Å². The highest BCUT2D eigenvalue weighted by atomic mass is 28.4. The lowest BCUT2D eigenvalue weighted by Gasteiger charge is -2.36. The number of nitrogens with zero attached hydrogens (tertiary/aromatic N) is 1. The molecule has 134 valence electrons. The molecule has 0 aliphatic heterocycles. The van der Waals surface area contributed by atoms with Crippen molar-refractivity contribution < 1.29 is 14.0 Å². The highest BCUT2D eigenvalue weighted by molar-refractivity contribution is 6.74. The number of pyridine rings is 1. The Labute approximate surface area is 150 Å². The number of carbonyl (C=O) groups is 1. The molecule has 1 heterocycles. The molecule has 2 rings (SSSR count). The first-order chi connectivity index (χ1) is 11.7. The van der Waals surface area contributed by atoms with Crippen LogP contribution in [0.5, 0.6) is 5.75 Å². The van der Waals surface area contributed by atoms with Gasteiger partial charge >= 0.3 is 6.09 Å². The first-order valence-electron chi connectivity index (χ1n) is 8.30. The number of aromatic nitrogens is 1. The van der Waals surface area contributed by atoms with Crippen molar-refractivity contribution in [1.29, 1.82) is 0 Å². The average Bonchev–Trinajstić information content (AvgIpc) is 2.54. The Morgan fingerprint density at radius 2 is 1.80 bits per heavy atom. The lowest BCUT2D eigenvalue weighted by atomic mass is 10.2. The minimum absolute atomic E-state index is 0.170. The summed E-state index contributed by atoms with van der Waals surface area (Å²) in [6.45, 7) is 11.6. The van der Waals surface area contributed by atoms with Crippen molar-refractivity contribution in [3.63, 3.8) is 0 Å². The van der Waals surface area contributed by atoms with Crippen LogP contribution in [0.2, 0.25) is 18.1 Å². The summed E-state index contributed by atoms with van der Waals surface area (Å²) in [5.74, 6) is 0.927. The molecular weight excluding hydrogens is 332 g/mol. The summed E-state index contributed by atoms with van der Waals surface area (Å²) in [4.78, 5) is 16.1. The lowest BCUT2D eigenvalue weighted by molar-refractivity contribution is 0.215. The van der Waals surface area contributed by atoms with Gasteiger partial charge in [0.25, 0.3) is 0 Å². The van der Waals surface area contributed by atoms with Crippen molar-refractivity contribution in [2.24, 2.45) is 0 Å². The van der Waals surface area contributed by atoms with E-state index in [9.17, 15) is 4.79 Å². The number of nitrogens with one attached hydrogen (secondary N) is 1. The van der Waals surface area contributed by atoms with E-state index in [0.29, 0.717) is 18.2 Å². The molecule has 0 saturated carbocycles. The highest BCUT2D eigenvalue weighted by Gasteiger charge is 2.37. The van der Waals surface area contributed by atoms with E-state index < -0.39 is 14.4 Å². The Bertz CT molecular complexity index is 695. The first kappa shape index (κ1) is 19.1. The zero-order valence-corrected chi connectivity index (χ0v) is 16.5. The molecule has 6 heteroatoms. The van der Waals surface area contributed by atoms with Crippen molar-refractivity contribution in [1.82, 2.24) is 4.98 Å². The summed E-state index contributed by atoms with van der Waals surface area (Å²) < 4.78 is 11.3. The molecule has 0 unspecified atom stereocenters. The van der Waals surface area contributed by atoms with Gasteiger partial charge in [0, 0.05) is 6.20 Å². The molecule has 0 bridgehead atoms. The number of benzene rings is 1. The van der Waals surface area contributed by atoms with Crippen molar-refractivity contribution >= 4 is 20.2 Å². The molecule has 0 atom stereocenters. The van der Waals surface area contributed by atoms with E-state index in [1.165, 1.54) is 0 Å². The van der Waals surface area contributed by atoms with Gasteiger partial charge in [-0.3, -0.25) is 5.32 Å².